The van der Waals surface area contributed by atoms with Crippen molar-refractivity contribution in [3.05, 3.63) is 0 Å². The van der Waals surface area contributed by atoms with Gasteiger partial charge in [0.25, 0.3) is 0 Å². The molecule has 1 fully saturated rings. The average Bonchev–Trinajstić information content (AvgIpc) is 2.80. The molecule has 0 saturated carbocycles. The van der Waals surface area contributed by atoms with Gasteiger partial charge in [-0.25, -0.2) is 14.3 Å². The number of phosphoric acid groups is 1. The fourth-order valence-corrected chi connectivity index (χ4v) is 3.52. The second kappa shape index (κ2) is 18.9. The van der Waals surface area contributed by atoms with Gasteiger partial charge in [0.1, 0.15) is 6.61 Å². The van der Waals surface area contributed by atoms with E-state index in [1.807, 2.05) is 0 Å². The van der Waals surface area contributed by atoms with E-state index in [-0.39, 0.29) is 19.8 Å². The summed E-state index contributed by atoms with van der Waals surface area (Å²) in [6.07, 6.45) is 17.8. The minimum absolute atomic E-state index is 0.0426. The highest BCUT2D eigenvalue weighted by Gasteiger charge is 2.32. The summed E-state index contributed by atoms with van der Waals surface area (Å²) in [5.74, 6) is 0. The molecule has 1 rings (SSSR count). The number of hydrogen-bond acceptors (Lipinski definition) is 9. The molecular formula is C18H37O9P. The Bertz CT molecular complexity index is 370. The van der Waals surface area contributed by atoms with Gasteiger partial charge in [-0.05, 0) is 21.5 Å². The van der Waals surface area contributed by atoms with Crippen molar-refractivity contribution in [3.8, 4) is 0 Å². The van der Waals surface area contributed by atoms with Gasteiger partial charge < -0.3 is 0 Å². The first kappa shape index (κ1) is 25.9. The Morgan fingerprint density at radius 3 is 1.89 bits per heavy atom. The highest BCUT2D eigenvalue weighted by atomic mass is 31.2. The predicted molar refractivity (Wildman–Crippen MR) is 101 cm³/mol. The van der Waals surface area contributed by atoms with Crippen molar-refractivity contribution >= 4 is 7.82 Å². The quantitative estimate of drug-likeness (QED) is 0.115. The number of unbranched alkanes of at least 4 members (excludes halogenated alkanes) is 13. The Balaban J connectivity index is 1.83. The maximum absolute atomic E-state index is 12.0. The van der Waals surface area contributed by atoms with Crippen LogP contribution < -0.4 is 0 Å². The molecule has 0 N–H and O–H groups in total. The molecule has 0 aromatic carbocycles. The van der Waals surface area contributed by atoms with Crippen LogP contribution in [0.1, 0.15) is 96.8 Å². The topological polar surface area (TPSA) is 90.9 Å². The van der Waals surface area contributed by atoms with E-state index >= 15 is 0 Å². The molecule has 1 aliphatic rings. The summed E-state index contributed by atoms with van der Waals surface area (Å²) >= 11 is 0. The highest BCUT2D eigenvalue weighted by molar-refractivity contribution is 7.48. The van der Waals surface area contributed by atoms with Gasteiger partial charge in [-0.1, -0.05) is 95.1 Å². The molecule has 0 aromatic heterocycles. The molecule has 168 valence electrons. The van der Waals surface area contributed by atoms with Crippen LogP contribution in [0.25, 0.3) is 0 Å². The second-order valence-corrected chi connectivity index (χ2v) is 8.32. The first-order valence-electron chi connectivity index (χ1n) is 10.6. The molecule has 1 unspecified atom stereocenters. The van der Waals surface area contributed by atoms with E-state index in [0.29, 0.717) is 0 Å². The van der Waals surface area contributed by atoms with E-state index < -0.39 is 7.82 Å². The molecule has 0 aliphatic carbocycles. The van der Waals surface area contributed by atoms with E-state index in [1.165, 1.54) is 70.6 Å². The highest BCUT2D eigenvalue weighted by Crippen LogP contribution is 2.50. The molecule has 9 nitrogen and oxygen atoms in total. The average molecular weight is 428 g/mol. The molecule has 1 atom stereocenters. The fraction of sp³-hybridized carbons (Fsp3) is 1.00. The molecule has 10 heteroatoms. The van der Waals surface area contributed by atoms with Crippen LogP contribution in [0, 0.1) is 0 Å². The van der Waals surface area contributed by atoms with Gasteiger partial charge in [0.15, 0.2) is 0 Å². The summed E-state index contributed by atoms with van der Waals surface area (Å²) in [4.78, 5) is 9.30. The third kappa shape index (κ3) is 15.8. The second-order valence-electron chi connectivity index (χ2n) is 6.87. The van der Waals surface area contributed by atoms with E-state index in [2.05, 4.69) is 36.3 Å². The smallest absolute Gasteiger partial charge is 0.281 e. The normalized spacial score (nSPS) is 21.2. The predicted octanol–water partition coefficient (Wildman–Crippen LogP) is 6.30. The van der Waals surface area contributed by atoms with Crippen LogP contribution in [0.2, 0.25) is 0 Å². The zero-order chi connectivity index (χ0) is 20.2. The molecule has 0 aromatic rings. The minimum atomic E-state index is -4.03. The van der Waals surface area contributed by atoms with Crippen LogP contribution in [-0.2, 0) is 43.3 Å². The van der Waals surface area contributed by atoms with Crippen LogP contribution >= 0.6 is 7.82 Å². The lowest BCUT2D eigenvalue weighted by atomic mass is 10.0. The molecule has 0 radical (unpaired) electrons. The Morgan fingerprint density at radius 1 is 0.714 bits per heavy atom. The monoisotopic (exact) mass is 428 g/mol. The SMILES string of the molecule is CCCCCCCCCCCCCCCCOOP1(=O)OCCOOOOO1. The van der Waals surface area contributed by atoms with Crippen LogP contribution in [-0.4, -0.2) is 19.8 Å². The van der Waals surface area contributed by atoms with Gasteiger partial charge in [0, 0.05) is 0 Å². The van der Waals surface area contributed by atoms with Crippen molar-refractivity contribution in [2.45, 2.75) is 96.8 Å². The Morgan fingerprint density at radius 2 is 1.29 bits per heavy atom. The largest absolute Gasteiger partial charge is 0.531 e. The molecular weight excluding hydrogens is 391 g/mol. The molecule has 1 heterocycles. The molecule has 28 heavy (non-hydrogen) atoms. The zero-order valence-electron chi connectivity index (χ0n) is 17.1. The first-order valence-corrected chi connectivity index (χ1v) is 12.1. The van der Waals surface area contributed by atoms with Crippen LogP contribution in [0.15, 0.2) is 0 Å². The molecule has 1 saturated heterocycles. The maximum Gasteiger partial charge on any atom is 0.531 e. The summed E-state index contributed by atoms with van der Waals surface area (Å²) in [6.45, 7) is 2.39. The maximum atomic E-state index is 12.0. The number of hydrogen-bond donors (Lipinski definition) is 0. The lowest BCUT2D eigenvalue weighted by Crippen LogP contribution is -2.04. The van der Waals surface area contributed by atoms with E-state index in [9.17, 15) is 4.57 Å². The first-order chi connectivity index (χ1) is 13.8. The van der Waals surface area contributed by atoms with Gasteiger partial charge in [-0.15, -0.1) is 4.67 Å². The van der Waals surface area contributed by atoms with Gasteiger partial charge in [0.2, 0.25) is 0 Å². The van der Waals surface area contributed by atoms with E-state index in [4.69, 9.17) is 9.41 Å². The lowest BCUT2D eigenvalue weighted by molar-refractivity contribution is -0.692. The zero-order valence-corrected chi connectivity index (χ0v) is 18.0. The van der Waals surface area contributed by atoms with Crippen LogP contribution in [0.5, 0.6) is 0 Å². The third-order valence-electron chi connectivity index (χ3n) is 4.37. The summed E-state index contributed by atoms with van der Waals surface area (Å²) in [5, 5.41) is 12.0. The summed E-state index contributed by atoms with van der Waals surface area (Å²) in [5.41, 5.74) is 0. The van der Waals surface area contributed by atoms with Crippen LogP contribution in [0.4, 0.5) is 0 Å². The molecule has 0 bridgehead atoms. The van der Waals surface area contributed by atoms with Crippen molar-refractivity contribution in [3.63, 3.8) is 0 Å². The van der Waals surface area contributed by atoms with Crippen molar-refractivity contribution < 1.29 is 43.3 Å². The van der Waals surface area contributed by atoms with Gasteiger partial charge in [0.05, 0.1) is 13.2 Å². The minimum Gasteiger partial charge on any atom is -0.281 e. The lowest BCUT2D eigenvalue weighted by Gasteiger charge is -2.12. The van der Waals surface area contributed by atoms with E-state index in [1.54, 1.807) is 0 Å². The summed E-state index contributed by atoms with van der Waals surface area (Å²) < 4.78 is 25.9. The molecule has 1 aliphatic heterocycles. The Labute approximate surface area is 168 Å². The van der Waals surface area contributed by atoms with Crippen molar-refractivity contribution in [1.29, 1.82) is 0 Å². The van der Waals surface area contributed by atoms with Gasteiger partial charge in [-0.3, -0.25) is 4.52 Å². The van der Waals surface area contributed by atoms with Gasteiger partial charge in [-0.2, -0.15) is 0 Å². The Kier molecular flexibility index (Phi) is 17.5. The summed E-state index contributed by atoms with van der Waals surface area (Å²) in [7, 11) is -4.03. The van der Waals surface area contributed by atoms with E-state index in [0.717, 1.165) is 19.3 Å². The Hall–Kier alpha value is -0.0900. The third-order valence-corrected chi connectivity index (χ3v) is 5.40. The fourth-order valence-electron chi connectivity index (χ4n) is 2.81. The van der Waals surface area contributed by atoms with Crippen LogP contribution in [0.3, 0.4) is 0 Å². The van der Waals surface area contributed by atoms with Crippen molar-refractivity contribution in [2.24, 2.45) is 0 Å². The number of rotatable bonds is 17. The van der Waals surface area contributed by atoms with Gasteiger partial charge >= 0.3 is 7.82 Å². The molecule has 0 amide bonds. The summed E-state index contributed by atoms with van der Waals surface area (Å²) in [6, 6.07) is 0. The molecule has 0 spiro atoms. The standard InChI is InChI=1S/C18H37O9P/c1-2-3-4-5-6-7-8-9-10-11-12-13-14-15-16-21-26-28(19)22-18-17-20-23-24-25-27-28/h2-18H2,1H3. The van der Waals surface area contributed by atoms with Crippen molar-refractivity contribution in [1.82, 2.24) is 0 Å². The van der Waals surface area contributed by atoms with Crippen molar-refractivity contribution in [2.75, 3.05) is 19.8 Å².